The highest BCUT2D eigenvalue weighted by molar-refractivity contribution is 5.54. The molecule has 1 aromatic carbocycles. The monoisotopic (exact) mass is 230 g/mol. The van der Waals surface area contributed by atoms with E-state index in [0.29, 0.717) is 0 Å². The molecule has 2 heteroatoms. The van der Waals surface area contributed by atoms with Crippen molar-refractivity contribution in [3.8, 4) is 0 Å². The van der Waals surface area contributed by atoms with Gasteiger partial charge in [0.25, 0.3) is 0 Å². The van der Waals surface area contributed by atoms with Gasteiger partial charge in [0.1, 0.15) is 0 Å². The number of hydrogen-bond acceptors (Lipinski definition) is 2. The van der Waals surface area contributed by atoms with Crippen molar-refractivity contribution < 1.29 is 0 Å². The average Bonchev–Trinajstić information content (AvgIpc) is 2.89. The van der Waals surface area contributed by atoms with Crippen LogP contribution in [0.4, 0.5) is 5.69 Å². The fourth-order valence-corrected chi connectivity index (χ4v) is 2.98. The fraction of sp³-hybridized carbons (Fsp3) is 0.600. The molecule has 0 aromatic heterocycles. The standard InChI is InChI=1S/C15H22N2/c1-2-10-17(9-1)11-7-13-5-6-15-14(12-13)4-3-8-16-15/h5-6,12,16H,1-4,7-11H2. The van der Waals surface area contributed by atoms with Gasteiger partial charge in [0.2, 0.25) is 0 Å². The molecule has 3 rings (SSSR count). The molecule has 92 valence electrons. The second-order valence-corrected chi connectivity index (χ2v) is 5.32. The largest absolute Gasteiger partial charge is 0.385 e. The summed E-state index contributed by atoms with van der Waals surface area (Å²) in [6.45, 7) is 5.01. The Labute approximate surface area is 104 Å². The molecule has 2 nitrogen and oxygen atoms in total. The van der Waals surface area contributed by atoms with E-state index in [2.05, 4.69) is 28.4 Å². The summed E-state index contributed by atoms with van der Waals surface area (Å²) >= 11 is 0. The molecule has 0 bridgehead atoms. The van der Waals surface area contributed by atoms with E-state index in [1.807, 2.05) is 0 Å². The minimum atomic E-state index is 1.14. The van der Waals surface area contributed by atoms with Crippen molar-refractivity contribution in [1.82, 2.24) is 4.90 Å². The number of fused-ring (bicyclic) bond motifs is 1. The maximum Gasteiger partial charge on any atom is 0.0372 e. The van der Waals surface area contributed by atoms with Crippen LogP contribution < -0.4 is 5.32 Å². The van der Waals surface area contributed by atoms with Gasteiger partial charge in [-0.3, -0.25) is 0 Å². The zero-order valence-electron chi connectivity index (χ0n) is 10.5. The van der Waals surface area contributed by atoms with Crippen molar-refractivity contribution in [3.63, 3.8) is 0 Å². The van der Waals surface area contributed by atoms with Gasteiger partial charge in [0.15, 0.2) is 0 Å². The van der Waals surface area contributed by atoms with E-state index in [9.17, 15) is 0 Å². The van der Waals surface area contributed by atoms with Gasteiger partial charge in [0, 0.05) is 18.8 Å². The Morgan fingerprint density at radius 3 is 2.88 bits per heavy atom. The molecule has 1 saturated heterocycles. The third kappa shape index (κ3) is 2.63. The van der Waals surface area contributed by atoms with Crippen molar-refractivity contribution in [3.05, 3.63) is 29.3 Å². The Hall–Kier alpha value is -1.02. The van der Waals surface area contributed by atoms with E-state index < -0.39 is 0 Å². The molecule has 2 heterocycles. The van der Waals surface area contributed by atoms with Crippen LogP contribution in [0.2, 0.25) is 0 Å². The van der Waals surface area contributed by atoms with Gasteiger partial charge in [-0.1, -0.05) is 12.1 Å². The summed E-state index contributed by atoms with van der Waals surface area (Å²) < 4.78 is 0. The van der Waals surface area contributed by atoms with Crippen LogP contribution in [-0.2, 0) is 12.8 Å². The first-order valence-corrected chi connectivity index (χ1v) is 7.00. The number of nitrogens with zero attached hydrogens (tertiary/aromatic N) is 1. The number of rotatable bonds is 3. The quantitative estimate of drug-likeness (QED) is 0.859. The lowest BCUT2D eigenvalue weighted by molar-refractivity contribution is 0.343. The van der Waals surface area contributed by atoms with E-state index in [1.165, 1.54) is 68.6 Å². The minimum absolute atomic E-state index is 1.14. The Balaban J connectivity index is 1.62. The predicted octanol–water partition coefficient (Wildman–Crippen LogP) is 2.68. The first-order chi connectivity index (χ1) is 8.42. The minimum Gasteiger partial charge on any atom is -0.385 e. The number of nitrogens with one attached hydrogen (secondary N) is 1. The molecule has 1 N–H and O–H groups in total. The molecule has 0 spiro atoms. The van der Waals surface area contributed by atoms with Crippen LogP contribution >= 0.6 is 0 Å². The maximum absolute atomic E-state index is 3.48. The van der Waals surface area contributed by atoms with Crippen molar-refractivity contribution in [2.24, 2.45) is 0 Å². The maximum atomic E-state index is 3.48. The molecule has 0 atom stereocenters. The molecule has 0 unspecified atom stereocenters. The van der Waals surface area contributed by atoms with Gasteiger partial charge in [0.05, 0.1) is 0 Å². The summed E-state index contributed by atoms with van der Waals surface area (Å²) in [5.74, 6) is 0. The molecule has 17 heavy (non-hydrogen) atoms. The SMILES string of the molecule is c1cc2c(cc1CCN1CCCC1)CCCN2. The zero-order chi connectivity index (χ0) is 11.5. The molecule has 0 saturated carbocycles. The van der Waals surface area contributed by atoms with Gasteiger partial charge in [-0.2, -0.15) is 0 Å². The third-order valence-electron chi connectivity index (χ3n) is 4.02. The summed E-state index contributed by atoms with van der Waals surface area (Å²) in [7, 11) is 0. The van der Waals surface area contributed by atoms with Crippen molar-refractivity contribution in [1.29, 1.82) is 0 Å². The molecule has 0 radical (unpaired) electrons. The second-order valence-electron chi connectivity index (χ2n) is 5.32. The summed E-state index contributed by atoms with van der Waals surface area (Å²) in [5.41, 5.74) is 4.40. The second kappa shape index (κ2) is 5.09. The average molecular weight is 230 g/mol. The highest BCUT2D eigenvalue weighted by Gasteiger charge is 2.12. The van der Waals surface area contributed by atoms with E-state index in [0.717, 1.165) is 6.54 Å². The number of aryl methyl sites for hydroxylation is 1. The Morgan fingerprint density at radius 2 is 2.00 bits per heavy atom. The topological polar surface area (TPSA) is 15.3 Å². The van der Waals surface area contributed by atoms with Crippen molar-refractivity contribution in [2.45, 2.75) is 32.1 Å². The molecule has 2 aliphatic heterocycles. The van der Waals surface area contributed by atoms with Gasteiger partial charge >= 0.3 is 0 Å². The Kier molecular flexibility index (Phi) is 3.32. The summed E-state index contributed by atoms with van der Waals surface area (Å²) in [6, 6.07) is 6.98. The van der Waals surface area contributed by atoms with Gasteiger partial charge in [-0.05, 0) is 62.4 Å². The summed E-state index contributed by atoms with van der Waals surface area (Å²) in [5, 5.41) is 3.48. The predicted molar refractivity (Wildman–Crippen MR) is 72.6 cm³/mol. The fourth-order valence-electron chi connectivity index (χ4n) is 2.98. The number of benzene rings is 1. The highest BCUT2D eigenvalue weighted by Crippen LogP contribution is 2.23. The van der Waals surface area contributed by atoms with Gasteiger partial charge < -0.3 is 10.2 Å². The lowest BCUT2D eigenvalue weighted by atomic mass is 9.99. The number of likely N-dealkylation sites (tertiary alicyclic amines) is 1. The molecule has 2 aliphatic rings. The van der Waals surface area contributed by atoms with Crippen LogP contribution in [0.15, 0.2) is 18.2 Å². The first-order valence-electron chi connectivity index (χ1n) is 7.00. The van der Waals surface area contributed by atoms with E-state index >= 15 is 0 Å². The lowest BCUT2D eigenvalue weighted by Gasteiger charge is -2.19. The normalized spacial score (nSPS) is 20.0. The Bertz CT molecular complexity index is 381. The van der Waals surface area contributed by atoms with Crippen LogP contribution in [0, 0.1) is 0 Å². The van der Waals surface area contributed by atoms with Crippen LogP contribution in [-0.4, -0.2) is 31.1 Å². The van der Waals surface area contributed by atoms with Crippen LogP contribution in [0.5, 0.6) is 0 Å². The molecular weight excluding hydrogens is 208 g/mol. The molecular formula is C15H22N2. The van der Waals surface area contributed by atoms with Crippen molar-refractivity contribution in [2.75, 3.05) is 31.5 Å². The van der Waals surface area contributed by atoms with Gasteiger partial charge in [-0.25, -0.2) is 0 Å². The number of anilines is 1. The summed E-state index contributed by atoms with van der Waals surface area (Å²) in [4.78, 5) is 2.59. The molecule has 0 aliphatic carbocycles. The summed E-state index contributed by atoms with van der Waals surface area (Å²) in [6.07, 6.45) is 6.54. The van der Waals surface area contributed by atoms with E-state index in [1.54, 1.807) is 0 Å². The zero-order valence-corrected chi connectivity index (χ0v) is 10.5. The van der Waals surface area contributed by atoms with Gasteiger partial charge in [-0.15, -0.1) is 0 Å². The van der Waals surface area contributed by atoms with E-state index in [4.69, 9.17) is 0 Å². The number of hydrogen-bond donors (Lipinski definition) is 1. The smallest absolute Gasteiger partial charge is 0.0372 e. The lowest BCUT2D eigenvalue weighted by Crippen LogP contribution is -2.22. The van der Waals surface area contributed by atoms with Crippen LogP contribution in [0.25, 0.3) is 0 Å². The third-order valence-corrected chi connectivity index (χ3v) is 4.02. The van der Waals surface area contributed by atoms with Crippen LogP contribution in [0.1, 0.15) is 30.4 Å². The molecule has 0 amide bonds. The van der Waals surface area contributed by atoms with Crippen molar-refractivity contribution >= 4 is 5.69 Å². The van der Waals surface area contributed by atoms with E-state index in [-0.39, 0.29) is 0 Å². The molecule has 1 fully saturated rings. The van der Waals surface area contributed by atoms with Crippen LogP contribution in [0.3, 0.4) is 0 Å². The first kappa shape index (κ1) is 11.1. The highest BCUT2D eigenvalue weighted by atomic mass is 15.1. The Morgan fingerprint density at radius 1 is 1.12 bits per heavy atom. The molecule has 1 aromatic rings.